The monoisotopic (exact) mass is 461 g/mol. The molecule has 0 spiro atoms. The van der Waals surface area contributed by atoms with Crippen LogP contribution >= 0.6 is 0 Å². The number of hydrogen-bond acceptors (Lipinski definition) is 5. The molecular weight excluding hydrogens is 434 g/mol. The number of nitrogens with zero attached hydrogens (tertiary/aromatic N) is 3. The number of aryl methyl sites for hydroxylation is 1. The Morgan fingerprint density at radius 2 is 1.76 bits per heavy atom. The molecule has 0 saturated carbocycles. The highest BCUT2D eigenvalue weighted by Gasteiger charge is 2.32. The second-order valence-corrected chi connectivity index (χ2v) is 9.08. The molecule has 1 fully saturated rings. The van der Waals surface area contributed by atoms with Gasteiger partial charge < -0.3 is 20.4 Å². The Labute approximate surface area is 197 Å². The molecule has 1 aromatic carbocycles. The van der Waals surface area contributed by atoms with Crippen molar-refractivity contribution in [3.05, 3.63) is 53.3 Å². The van der Waals surface area contributed by atoms with Gasteiger partial charge in [-0.3, -0.25) is 24.2 Å². The first-order valence-corrected chi connectivity index (χ1v) is 11.7. The lowest BCUT2D eigenvalue weighted by molar-refractivity contribution is -0.136. The summed E-state index contributed by atoms with van der Waals surface area (Å²) in [7, 11) is 0. The third-order valence-corrected chi connectivity index (χ3v) is 6.88. The predicted molar refractivity (Wildman–Crippen MR) is 125 cm³/mol. The quantitative estimate of drug-likeness (QED) is 0.671. The lowest BCUT2D eigenvalue weighted by Gasteiger charge is -2.32. The van der Waals surface area contributed by atoms with E-state index in [4.69, 9.17) is 0 Å². The number of carbonyl (C=O) groups is 4. The molecule has 1 aromatic heterocycles. The lowest BCUT2D eigenvalue weighted by atomic mass is 9.96. The van der Waals surface area contributed by atoms with E-state index in [1.807, 2.05) is 17.0 Å². The highest BCUT2D eigenvalue weighted by Crippen LogP contribution is 2.38. The summed E-state index contributed by atoms with van der Waals surface area (Å²) in [5.74, 6) is -1.04. The Bertz CT molecular complexity index is 1140. The van der Waals surface area contributed by atoms with Crippen LogP contribution in [0.15, 0.2) is 36.7 Å². The van der Waals surface area contributed by atoms with Crippen molar-refractivity contribution in [2.24, 2.45) is 5.92 Å². The zero-order valence-corrected chi connectivity index (χ0v) is 18.9. The van der Waals surface area contributed by atoms with Gasteiger partial charge in [-0.2, -0.15) is 0 Å². The Morgan fingerprint density at radius 1 is 1.00 bits per heavy atom. The molecule has 0 atom stereocenters. The number of benzene rings is 1. The molecule has 2 N–H and O–H groups in total. The van der Waals surface area contributed by atoms with E-state index in [-0.39, 0.29) is 17.7 Å². The normalized spacial score (nSPS) is 17.4. The molecule has 5 rings (SSSR count). The molecule has 4 amide bonds. The molecule has 3 aliphatic rings. The SMILES string of the molecule is O=C(NCC1CCN(C(=O)c2cccnc2)CC1)C(=O)Nc1cc2c3c(c1)CCN3C(=O)CC2. The predicted octanol–water partition coefficient (Wildman–Crippen LogP) is 1.52. The molecule has 9 heteroatoms. The van der Waals surface area contributed by atoms with Crippen LogP contribution in [0, 0.1) is 5.92 Å². The fraction of sp³-hybridized carbons (Fsp3) is 0.400. The lowest BCUT2D eigenvalue weighted by Crippen LogP contribution is -2.43. The summed E-state index contributed by atoms with van der Waals surface area (Å²) in [5.41, 5.74) is 4.22. The molecule has 0 bridgehead atoms. The number of piperidine rings is 1. The van der Waals surface area contributed by atoms with E-state index in [1.54, 1.807) is 29.4 Å². The van der Waals surface area contributed by atoms with E-state index in [0.29, 0.717) is 50.3 Å². The average molecular weight is 462 g/mol. The fourth-order valence-electron chi connectivity index (χ4n) is 5.05. The summed E-state index contributed by atoms with van der Waals surface area (Å²) < 4.78 is 0. The molecule has 3 aliphatic heterocycles. The minimum Gasteiger partial charge on any atom is -0.348 e. The summed E-state index contributed by atoms with van der Waals surface area (Å²) in [5, 5.41) is 5.45. The molecular formula is C25H27N5O4. The Morgan fingerprint density at radius 3 is 2.50 bits per heavy atom. The minimum atomic E-state index is -0.696. The van der Waals surface area contributed by atoms with E-state index in [9.17, 15) is 19.2 Å². The number of amides is 4. The van der Waals surface area contributed by atoms with Crippen molar-refractivity contribution in [1.82, 2.24) is 15.2 Å². The van der Waals surface area contributed by atoms with Crippen LogP contribution in [-0.2, 0) is 27.2 Å². The van der Waals surface area contributed by atoms with Crippen LogP contribution in [0.4, 0.5) is 11.4 Å². The second-order valence-electron chi connectivity index (χ2n) is 9.08. The maximum atomic E-state index is 12.5. The van der Waals surface area contributed by atoms with Crippen LogP contribution in [0.25, 0.3) is 0 Å². The van der Waals surface area contributed by atoms with Crippen LogP contribution in [0.1, 0.15) is 40.7 Å². The van der Waals surface area contributed by atoms with Gasteiger partial charge in [0.05, 0.1) is 11.3 Å². The summed E-state index contributed by atoms with van der Waals surface area (Å²) >= 11 is 0. The smallest absolute Gasteiger partial charge is 0.313 e. The highest BCUT2D eigenvalue weighted by atomic mass is 16.2. The number of likely N-dealkylation sites (tertiary alicyclic amines) is 1. The summed E-state index contributed by atoms with van der Waals surface area (Å²) in [6.45, 7) is 2.29. The van der Waals surface area contributed by atoms with Crippen molar-refractivity contribution in [3.8, 4) is 0 Å². The highest BCUT2D eigenvalue weighted by molar-refractivity contribution is 6.39. The van der Waals surface area contributed by atoms with Gasteiger partial charge in [-0.05, 0) is 67.0 Å². The van der Waals surface area contributed by atoms with Gasteiger partial charge in [0, 0.05) is 50.7 Å². The fourth-order valence-corrected chi connectivity index (χ4v) is 5.05. The van der Waals surface area contributed by atoms with Gasteiger partial charge >= 0.3 is 11.8 Å². The Kier molecular flexibility index (Phi) is 6.00. The first-order chi connectivity index (χ1) is 16.5. The van der Waals surface area contributed by atoms with Gasteiger partial charge in [0.1, 0.15) is 0 Å². The number of anilines is 2. The van der Waals surface area contributed by atoms with E-state index < -0.39 is 11.8 Å². The third kappa shape index (κ3) is 4.37. The number of aromatic nitrogens is 1. The largest absolute Gasteiger partial charge is 0.348 e. The number of hydrogen-bond donors (Lipinski definition) is 2. The molecule has 0 unspecified atom stereocenters. The number of pyridine rings is 1. The molecule has 9 nitrogen and oxygen atoms in total. The molecule has 4 heterocycles. The standard InChI is InChI=1S/C25H27N5O4/c31-21-4-3-17-12-20(13-18-7-11-30(21)22(17)18)28-24(33)23(32)27-14-16-5-9-29(10-6-16)25(34)19-2-1-8-26-15-19/h1-2,8,12-13,15-16H,3-7,9-11,14H2,(H,27,32)(H,28,33). The first-order valence-electron chi connectivity index (χ1n) is 11.7. The molecule has 1 saturated heterocycles. The number of carbonyl (C=O) groups excluding carboxylic acids is 4. The van der Waals surface area contributed by atoms with Crippen molar-refractivity contribution in [2.45, 2.75) is 32.1 Å². The molecule has 0 radical (unpaired) electrons. The summed E-state index contributed by atoms with van der Waals surface area (Å²) in [4.78, 5) is 57.1. The van der Waals surface area contributed by atoms with Crippen molar-refractivity contribution < 1.29 is 19.2 Å². The van der Waals surface area contributed by atoms with Crippen LogP contribution in [0.3, 0.4) is 0 Å². The molecule has 34 heavy (non-hydrogen) atoms. The third-order valence-electron chi connectivity index (χ3n) is 6.88. The van der Waals surface area contributed by atoms with Gasteiger partial charge in [0.15, 0.2) is 0 Å². The first kappa shape index (κ1) is 22.1. The topological polar surface area (TPSA) is 112 Å². The van der Waals surface area contributed by atoms with Crippen molar-refractivity contribution in [2.75, 3.05) is 36.4 Å². The van der Waals surface area contributed by atoms with Crippen LogP contribution in [0.2, 0.25) is 0 Å². The van der Waals surface area contributed by atoms with Crippen LogP contribution in [-0.4, -0.2) is 59.7 Å². The molecule has 176 valence electrons. The zero-order valence-electron chi connectivity index (χ0n) is 18.9. The van der Waals surface area contributed by atoms with Gasteiger partial charge in [0.25, 0.3) is 5.91 Å². The van der Waals surface area contributed by atoms with Gasteiger partial charge in [-0.1, -0.05) is 0 Å². The zero-order chi connectivity index (χ0) is 23.7. The van der Waals surface area contributed by atoms with Gasteiger partial charge in [-0.25, -0.2) is 0 Å². The van der Waals surface area contributed by atoms with Gasteiger partial charge in [-0.15, -0.1) is 0 Å². The maximum Gasteiger partial charge on any atom is 0.313 e. The number of rotatable bonds is 4. The Balaban J connectivity index is 1.11. The van der Waals surface area contributed by atoms with Crippen LogP contribution < -0.4 is 15.5 Å². The van der Waals surface area contributed by atoms with E-state index in [2.05, 4.69) is 15.6 Å². The van der Waals surface area contributed by atoms with Crippen molar-refractivity contribution in [1.29, 1.82) is 0 Å². The number of nitrogens with one attached hydrogen (secondary N) is 2. The summed E-state index contributed by atoms with van der Waals surface area (Å²) in [6.07, 6.45) is 6.60. The summed E-state index contributed by atoms with van der Waals surface area (Å²) in [6, 6.07) is 7.22. The Hall–Kier alpha value is -3.75. The maximum absolute atomic E-state index is 12.5. The van der Waals surface area contributed by atoms with Gasteiger partial charge in [0.2, 0.25) is 5.91 Å². The minimum absolute atomic E-state index is 0.0316. The van der Waals surface area contributed by atoms with E-state index in [1.165, 1.54) is 0 Å². The molecule has 2 aromatic rings. The van der Waals surface area contributed by atoms with E-state index in [0.717, 1.165) is 36.1 Å². The van der Waals surface area contributed by atoms with Crippen molar-refractivity contribution in [3.63, 3.8) is 0 Å². The molecule has 0 aliphatic carbocycles. The van der Waals surface area contributed by atoms with Crippen molar-refractivity contribution >= 4 is 35.0 Å². The average Bonchev–Trinajstić information content (AvgIpc) is 3.30. The van der Waals surface area contributed by atoms with Crippen LogP contribution in [0.5, 0.6) is 0 Å². The second kappa shape index (κ2) is 9.24. The van der Waals surface area contributed by atoms with E-state index >= 15 is 0 Å².